The van der Waals surface area contributed by atoms with E-state index in [-0.39, 0.29) is 16.8 Å². The summed E-state index contributed by atoms with van der Waals surface area (Å²) in [6, 6.07) is 12.6. The van der Waals surface area contributed by atoms with Gasteiger partial charge in [-0.25, -0.2) is 0 Å². The van der Waals surface area contributed by atoms with Crippen LogP contribution in [0.3, 0.4) is 0 Å². The molecule has 28 heavy (non-hydrogen) atoms. The number of ether oxygens (including phenoxy) is 1. The van der Waals surface area contributed by atoms with E-state index < -0.39 is 5.54 Å². The minimum Gasteiger partial charge on any atom is -0.456 e. The Kier molecular flexibility index (Phi) is 4.87. The predicted molar refractivity (Wildman–Crippen MR) is 109 cm³/mol. The van der Waals surface area contributed by atoms with E-state index in [1.165, 1.54) is 0 Å². The summed E-state index contributed by atoms with van der Waals surface area (Å²) in [6.45, 7) is 8.16. The summed E-state index contributed by atoms with van der Waals surface area (Å²) >= 11 is 0. The van der Waals surface area contributed by atoms with Crippen LogP contribution in [0.2, 0.25) is 0 Å². The zero-order valence-corrected chi connectivity index (χ0v) is 15.9. The van der Waals surface area contributed by atoms with Gasteiger partial charge in [-0.1, -0.05) is 24.3 Å². The minimum absolute atomic E-state index is 0.186. The lowest BCUT2D eigenvalue weighted by Crippen LogP contribution is -2.56. The number of ketones is 1. The second kappa shape index (κ2) is 7.34. The van der Waals surface area contributed by atoms with Gasteiger partial charge in [-0.05, 0) is 37.6 Å². The summed E-state index contributed by atoms with van der Waals surface area (Å²) in [6.07, 6.45) is 2.20. The molecule has 4 rings (SSSR count). The van der Waals surface area contributed by atoms with E-state index in [9.17, 15) is 9.59 Å². The number of hydrogen-bond donors (Lipinski definition) is 0. The van der Waals surface area contributed by atoms with Crippen molar-refractivity contribution in [3.63, 3.8) is 0 Å². The molecule has 3 aliphatic rings. The Morgan fingerprint density at radius 1 is 1.21 bits per heavy atom. The van der Waals surface area contributed by atoms with E-state index in [4.69, 9.17) is 9.15 Å². The SMILES string of the molecule is C=CCC(C)(C(=O)c1ccc2oc3ccccc3cc-2c1=O)N1CCOCC1. The predicted octanol–water partition coefficient (Wildman–Crippen LogP) is 3.75. The van der Waals surface area contributed by atoms with Gasteiger partial charge in [0.25, 0.3) is 0 Å². The van der Waals surface area contributed by atoms with Crippen LogP contribution in [-0.2, 0) is 4.74 Å². The van der Waals surface area contributed by atoms with Gasteiger partial charge in [-0.3, -0.25) is 14.5 Å². The van der Waals surface area contributed by atoms with Gasteiger partial charge in [-0.15, -0.1) is 6.58 Å². The smallest absolute Gasteiger partial charge is 0.200 e. The molecule has 0 N–H and O–H groups in total. The number of carbonyl (C=O) groups excluding carboxylic acids is 1. The molecular weight excluding hydrogens is 354 g/mol. The largest absolute Gasteiger partial charge is 0.456 e. The Morgan fingerprint density at radius 3 is 2.71 bits per heavy atom. The average molecular weight is 377 g/mol. The van der Waals surface area contributed by atoms with Crippen molar-refractivity contribution in [1.29, 1.82) is 0 Å². The van der Waals surface area contributed by atoms with Gasteiger partial charge in [0, 0.05) is 18.5 Å². The summed E-state index contributed by atoms with van der Waals surface area (Å²) < 4.78 is 11.3. The fourth-order valence-electron chi connectivity index (χ4n) is 3.95. The maximum atomic E-state index is 13.5. The first-order valence-electron chi connectivity index (χ1n) is 9.49. The van der Waals surface area contributed by atoms with E-state index in [0.717, 1.165) is 5.39 Å². The number of para-hydroxylation sites is 1. The van der Waals surface area contributed by atoms with Crippen LogP contribution in [0.15, 0.2) is 64.3 Å². The monoisotopic (exact) mass is 377 g/mol. The van der Waals surface area contributed by atoms with E-state index in [0.29, 0.717) is 49.6 Å². The number of benzene rings is 2. The van der Waals surface area contributed by atoms with Crippen molar-refractivity contribution in [1.82, 2.24) is 4.90 Å². The standard InChI is InChI=1S/C23H23NO4/c1-3-10-23(2,24-11-13-27-14-12-24)22(26)17-8-9-20-18(21(17)25)15-16-6-4-5-7-19(16)28-20/h3-9,15H,1,10-14H2,2H3. The second-order valence-electron chi connectivity index (χ2n) is 7.33. The van der Waals surface area contributed by atoms with E-state index in [2.05, 4.69) is 11.5 Å². The van der Waals surface area contributed by atoms with Crippen LogP contribution < -0.4 is 5.43 Å². The lowest BCUT2D eigenvalue weighted by atomic mass is 9.84. The topological polar surface area (TPSA) is 59.8 Å². The molecule has 0 amide bonds. The molecule has 144 valence electrons. The molecule has 5 heteroatoms. The van der Waals surface area contributed by atoms with Crippen LogP contribution in [-0.4, -0.2) is 42.5 Å². The van der Waals surface area contributed by atoms with E-state index >= 15 is 0 Å². The second-order valence-corrected chi connectivity index (χ2v) is 7.33. The Bertz CT molecular complexity index is 1060. The number of morpholine rings is 1. The molecule has 1 unspecified atom stereocenters. The molecule has 1 aliphatic carbocycles. The fraction of sp³-hybridized carbons (Fsp3) is 0.304. The summed E-state index contributed by atoms with van der Waals surface area (Å²) in [4.78, 5) is 28.8. The molecule has 2 aliphatic heterocycles. The third kappa shape index (κ3) is 3.07. The maximum Gasteiger partial charge on any atom is 0.200 e. The van der Waals surface area contributed by atoms with Crippen molar-refractivity contribution in [3.8, 4) is 11.3 Å². The minimum atomic E-state index is -0.827. The average Bonchev–Trinajstić information content (AvgIpc) is 2.73. The summed E-state index contributed by atoms with van der Waals surface area (Å²) in [7, 11) is 0. The first-order valence-corrected chi connectivity index (χ1v) is 9.49. The number of rotatable bonds is 5. The van der Waals surface area contributed by atoms with E-state index in [1.54, 1.807) is 24.3 Å². The van der Waals surface area contributed by atoms with Crippen molar-refractivity contribution < 1.29 is 13.9 Å². The van der Waals surface area contributed by atoms with Crippen LogP contribution in [0, 0.1) is 0 Å². The molecule has 5 nitrogen and oxygen atoms in total. The Labute approximate surface area is 163 Å². The van der Waals surface area contributed by atoms with Gasteiger partial charge >= 0.3 is 0 Å². The number of carbonyl (C=O) groups is 1. The maximum absolute atomic E-state index is 13.5. The highest BCUT2D eigenvalue weighted by Gasteiger charge is 2.40. The highest BCUT2D eigenvalue weighted by Crippen LogP contribution is 2.29. The van der Waals surface area contributed by atoms with Crippen molar-refractivity contribution in [2.24, 2.45) is 0 Å². The highest BCUT2D eigenvalue weighted by molar-refractivity contribution is 6.04. The van der Waals surface area contributed by atoms with Gasteiger partial charge in [0.2, 0.25) is 0 Å². The molecule has 0 saturated carbocycles. The highest BCUT2D eigenvalue weighted by atomic mass is 16.5. The Hall–Kier alpha value is -2.76. The molecule has 0 aromatic heterocycles. The summed E-state index contributed by atoms with van der Waals surface area (Å²) in [5, 5.41) is 0.832. The normalized spacial score (nSPS) is 17.5. The lowest BCUT2D eigenvalue weighted by Gasteiger charge is -2.41. The van der Waals surface area contributed by atoms with Crippen LogP contribution in [0.4, 0.5) is 0 Å². The number of hydrogen-bond acceptors (Lipinski definition) is 5. The molecule has 2 heterocycles. The van der Waals surface area contributed by atoms with Crippen LogP contribution in [0.1, 0.15) is 23.7 Å². The number of fused-ring (bicyclic) bond motifs is 2. The molecule has 1 aromatic carbocycles. The summed E-state index contributed by atoms with van der Waals surface area (Å²) in [5.74, 6) is 0.298. The molecule has 0 radical (unpaired) electrons. The molecule has 1 fully saturated rings. The van der Waals surface area contributed by atoms with Gasteiger partial charge in [0.15, 0.2) is 11.2 Å². The lowest BCUT2D eigenvalue weighted by molar-refractivity contribution is -0.00875. The van der Waals surface area contributed by atoms with E-state index in [1.807, 2.05) is 31.2 Å². The number of nitrogens with zero attached hydrogens (tertiary/aromatic N) is 1. The third-order valence-electron chi connectivity index (χ3n) is 5.58. The molecule has 0 spiro atoms. The first kappa shape index (κ1) is 18.6. The third-order valence-corrected chi connectivity index (χ3v) is 5.58. The fourth-order valence-corrected chi connectivity index (χ4v) is 3.95. The molecule has 0 bridgehead atoms. The van der Waals surface area contributed by atoms with Gasteiger partial charge < -0.3 is 9.15 Å². The quantitative estimate of drug-likeness (QED) is 0.385. The summed E-state index contributed by atoms with van der Waals surface area (Å²) in [5.41, 5.74) is 0.201. The van der Waals surface area contributed by atoms with Gasteiger partial charge in [-0.2, -0.15) is 0 Å². The Morgan fingerprint density at radius 2 is 1.96 bits per heavy atom. The van der Waals surface area contributed by atoms with Crippen LogP contribution in [0.5, 0.6) is 0 Å². The zero-order chi connectivity index (χ0) is 19.7. The van der Waals surface area contributed by atoms with Crippen molar-refractivity contribution in [3.05, 3.63) is 70.9 Å². The zero-order valence-electron chi connectivity index (χ0n) is 15.9. The van der Waals surface area contributed by atoms with Crippen molar-refractivity contribution in [2.75, 3.05) is 26.3 Å². The van der Waals surface area contributed by atoms with Gasteiger partial charge in [0.05, 0.1) is 29.9 Å². The molecule has 1 atom stereocenters. The molecule has 1 aromatic rings. The number of Topliss-reactive ketones (excluding diaryl/α,β-unsaturated/α-hetero) is 1. The van der Waals surface area contributed by atoms with Gasteiger partial charge in [0.1, 0.15) is 11.3 Å². The van der Waals surface area contributed by atoms with Crippen LogP contribution >= 0.6 is 0 Å². The van der Waals surface area contributed by atoms with Crippen LogP contribution in [0.25, 0.3) is 22.3 Å². The molecular formula is C23H23NO4. The Balaban J connectivity index is 1.82. The first-order chi connectivity index (χ1) is 13.5. The van der Waals surface area contributed by atoms with Crippen molar-refractivity contribution in [2.45, 2.75) is 18.9 Å². The molecule has 1 saturated heterocycles. The van der Waals surface area contributed by atoms with Crippen molar-refractivity contribution >= 4 is 16.8 Å².